The Morgan fingerprint density at radius 2 is 1.53 bits per heavy atom. The zero-order valence-corrected chi connectivity index (χ0v) is 23.1. The van der Waals surface area contributed by atoms with Gasteiger partial charge in [0.2, 0.25) is 5.82 Å². The van der Waals surface area contributed by atoms with Crippen LogP contribution in [0.5, 0.6) is 23.0 Å². The van der Waals surface area contributed by atoms with Crippen LogP contribution in [0, 0.1) is 6.92 Å². The molecule has 5 aromatic rings. The molecule has 0 aliphatic heterocycles. The normalized spacial score (nSPS) is 11.2. The van der Waals surface area contributed by atoms with Crippen molar-refractivity contribution < 1.29 is 36.7 Å². The fraction of sp³-hybridized carbons (Fsp3) is 0.156. The van der Waals surface area contributed by atoms with E-state index in [0.717, 1.165) is 11.6 Å². The third kappa shape index (κ3) is 7.31. The van der Waals surface area contributed by atoms with E-state index in [0.29, 0.717) is 22.8 Å². The minimum Gasteiger partial charge on any atom is -0.497 e. The Balaban J connectivity index is 1.25. The molecular weight excluding hydrogens is 563 g/mol. The van der Waals surface area contributed by atoms with Gasteiger partial charge >= 0.3 is 18.0 Å². The van der Waals surface area contributed by atoms with E-state index in [-0.39, 0.29) is 41.7 Å². The summed E-state index contributed by atoms with van der Waals surface area (Å²) in [6, 6.07) is 25.5. The van der Waals surface area contributed by atoms with Crippen LogP contribution in [0.2, 0.25) is 0 Å². The molecule has 0 spiro atoms. The van der Waals surface area contributed by atoms with E-state index < -0.39 is 17.6 Å². The van der Waals surface area contributed by atoms with Gasteiger partial charge in [0, 0.05) is 12.1 Å². The van der Waals surface area contributed by atoms with Gasteiger partial charge in [-0.15, -0.1) is 0 Å². The predicted molar refractivity (Wildman–Crippen MR) is 151 cm³/mol. The number of carbonyl (C=O) groups excluding carboxylic acids is 1. The lowest BCUT2D eigenvalue weighted by Gasteiger charge is -2.17. The molecule has 1 N–H and O–H groups in total. The second-order valence-corrected chi connectivity index (χ2v) is 9.47. The Morgan fingerprint density at radius 3 is 2.21 bits per heavy atom. The summed E-state index contributed by atoms with van der Waals surface area (Å²) in [6.07, 6.45) is -4.72. The number of aryl methyl sites for hydroxylation is 1. The van der Waals surface area contributed by atoms with Gasteiger partial charge in [-0.05, 0) is 72.1 Å². The zero-order valence-electron chi connectivity index (χ0n) is 23.1. The number of nitrogens with one attached hydrogen (secondary N) is 1. The molecule has 4 aromatic carbocycles. The van der Waals surface area contributed by atoms with E-state index in [1.807, 2.05) is 30.3 Å². The SMILES string of the molecule is COc1ccc(COc2c(C)cc(-c3noc(C(=O)NCc4ccc(Oc5ccccc5)cc4)n3)cc2C(F)(F)F)cc1. The highest BCUT2D eigenvalue weighted by Crippen LogP contribution is 2.41. The number of halogens is 3. The Kier molecular flexibility index (Phi) is 8.61. The van der Waals surface area contributed by atoms with Gasteiger partial charge in [0.1, 0.15) is 29.6 Å². The van der Waals surface area contributed by atoms with Gasteiger partial charge in [-0.2, -0.15) is 18.2 Å². The average Bonchev–Trinajstić information content (AvgIpc) is 3.51. The van der Waals surface area contributed by atoms with Crippen LogP contribution in [0.4, 0.5) is 13.2 Å². The smallest absolute Gasteiger partial charge is 0.419 e. The summed E-state index contributed by atoms with van der Waals surface area (Å²) >= 11 is 0. The summed E-state index contributed by atoms with van der Waals surface area (Å²) in [6.45, 7) is 1.56. The number of nitrogens with zero attached hydrogens (tertiary/aromatic N) is 2. The van der Waals surface area contributed by atoms with Gasteiger partial charge in [-0.25, -0.2) is 0 Å². The molecule has 0 aliphatic carbocycles. The molecule has 11 heteroatoms. The fourth-order valence-corrected chi connectivity index (χ4v) is 4.17. The van der Waals surface area contributed by atoms with Crippen LogP contribution < -0.4 is 19.5 Å². The van der Waals surface area contributed by atoms with E-state index in [1.54, 1.807) is 48.5 Å². The van der Waals surface area contributed by atoms with E-state index in [4.69, 9.17) is 18.7 Å². The molecule has 43 heavy (non-hydrogen) atoms. The predicted octanol–water partition coefficient (Wildman–Crippen LogP) is 7.37. The maximum atomic E-state index is 14.0. The number of ether oxygens (including phenoxy) is 3. The highest BCUT2D eigenvalue weighted by atomic mass is 19.4. The van der Waals surface area contributed by atoms with Crippen LogP contribution in [-0.4, -0.2) is 23.2 Å². The van der Waals surface area contributed by atoms with Crippen molar-refractivity contribution in [2.24, 2.45) is 0 Å². The van der Waals surface area contributed by atoms with E-state index in [2.05, 4.69) is 15.5 Å². The van der Waals surface area contributed by atoms with Gasteiger partial charge in [-0.1, -0.05) is 47.6 Å². The lowest BCUT2D eigenvalue weighted by atomic mass is 10.0. The summed E-state index contributed by atoms with van der Waals surface area (Å²) < 4.78 is 63.7. The number of aromatic nitrogens is 2. The molecule has 220 valence electrons. The molecule has 0 unspecified atom stereocenters. The van der Waals surface area contributed by atoms with Gasteiger partial charge in [0.15, 0.2) is 0 Å². The molecule has 0 bridgehead atoms. The van der Waals surface area contributed by atoms with Crippen molar-refractivity contribution in [2.75, 3.05) is 7.11 Å². The number of hydrogen-bond acceptors (Lipinski definition) is 7. The van der Waals surface area contributed by atoms with Crippen molar-refractivity contribution in [3.63, 3.8) is 0 Å². The summed E-state index contributed by atoms with van der Waals surface area (Å²) in [4.78, 5) is 16.7. The highest BCUT2D eigenvalue weighted by molar-refractivity contribution is 5.89. The topological polar surface area (TPSA) is 95.7 Å². The van der Waals surface area contributed by atoms with Crippen LogP contribution in [-0.2, 0) is 19.3 Å². The molecule has 0 atom stereocenters. The number of hydrogen-bond donors (Lipinski definition) is 1. The molecule has 5 rings (SSSR count). The molecule has 0 fully saturated rings. The molecule has 0 saturated heterocycles. The van der Waals surface area contributed by atoms with Gasteiger partial charge < -0.3 is 24.1 Å². The Morgan fingerprint density at radius 1 is 0.884 bits per heavy atom. The molecular formula is C32H26F3N3O5. The quantitative estimate of drug-likeness (QED) is 0.182. The number of rotatable bonds is 10. The molecule has 1 aromatic heterocycles. The summed E-state index contributed by atoms with van der Waals surface area (Å²) in [5.41, 5.74) is 0.700. The highest BCUT2D eigenvalue weighted by Gasteiger charge is 2.36. The van der Waals surface area contributed by atoms with Crippen molar-refractivity contribution in [1.82, 2.24) is 15.5 Å². The first-order chi connectivity index (χ1) is 20.7. The van der Waals surface area contributed by atoms with E-state index >= 15 is 0 Å². The first-order valence-corrected chi connectivity index (χ1v) is 13.1. The number of carbonyl (C=O) groups is 1. The van der Waals surface area contributed by atoms with Crippen molar-refractivity contribution >= 4 is 5.91 Å². The molecule has 0 radical (unpaired) electrons. The third-order valence-electron chi connectivity index (χ3n) is 6.36. The molecule has 0 aliphatic rings. The molecule has 8 nitrogen and oxygen atoms in total. The van der Waals surface area contributed by atoms with Crippen molar-refractivity contribution in [1.29, 1.82) is 0 Å². The molecule has 0 saturated carbocycles. The maximum Gasteiger partial charge on any atom is 0.419 e. The monoisotopic (exact) mass is 589 g/mol. The molecule has 1 amide bonds. The van der Waals surface area contributed by atoms with Crippen LogP contribution in [0.15, 0.2) is 95.5 Å². The van der Waals surface area contributed by atoms with Crippen molar-refractivity contribution in [2.45, 2.75) is 26.3 Å². The maximum absolute atomic E-state index is 14.0. The third-order valence-corrected chi connectivity index (χ3v) is 6.36. The lowest BCUT2D eigenvalue weighted by molar-refractivity contribution is -0.139. The minimum atomic E-state index is -4.72. The zero-order chi connectivity index (χ0) is 30.4. The lowest BCUT2D eigenvalue weighted by Crippen LogP contribution is -2.23. The largest absolute Gasteiger partial charge is 0.497 e. The van der Waals surface area contributed by atoms with Gasteiger partial charge in [0.25, 0.3) is 0 Å². The first-order valence-electron chi connectivity index (χ1n) is 13.1. The Bertz CT molecular complexity index is 1690. The second-order valence-electron chi connectivity index (χ2n) is 9.47. The van der Waals surface area contributed by atoms with Gasteiger partial charge in [0.05, 0.1) is 12.7 Å². The van der Waals surface area contributed by atoms with Crippen LogP contribution in [0.25, 0.3) is 11.4 Å². The average molecular weight is 590 g/mol. The number of para-hydroxylation sites is 1. The van der Waals surface area contributed by atoms with Crippen LogP contribution in [0.1, 0.15) is 32.9 Å². The summed E-state index contributed by atoms with van der Waals surface area (Å²) in [7, 11) is 1.52. The van der Waals surface area contributed by atoms with Crippen molar-refractivity contribution in [3.05, 3.63) is 119 Å². The van der Waals surface area contributed by atoms with Gasteiger partial charge in [-0.3, -0.25) is 4.79 Å². The molecule has 1 heterocycles. The van der Waals surface area contributed by atoms with Crippen LogP contribution in [0.3, 0.4) is 0 Å². The second kappa shape index (κ2) is 12.7. The summed E-state index contributed by atoms with van der Waals surface area (Å²) in [5.74, 6) is 0.423. The Labute approximate surface area is 245 Å². The number of methoxy groups -OCH3 is 1. The number of amides is 1. The number of alkyl halides is 3. The first kappa shape index (κ1) is 29.2. The standard InChI is InChI=1S/C32H26F3N3O5/c1-20-16-23(17-27(32(33,34)35)28(20)41-19-22-10-12-24(40-2)13-11-22)29-37-31(43-38-29)30(39)36-18-21-8-14-26(15-9-21)42-25-6-4-3-5-7-25/h3-17H,18-19H2,1-2H3,(H,36,39). The minimum absolute atomic E-state index is 0.0263. The Hall–Kier alpha value is -5.32. The number of benzene rings is 4. The van der Waals surface area contributed by atoms with Crippen molar-refractivity contribution in [3.8, 4) is 34.4 Å². The fourth-order valence-electron chi connectivity index (χ4n) is 4.17. The van der Waals surface area contributed by atoms with Crippen LogP contribution >= 0.6 is 0 Å². The van der Waals surface area contributed by atoms with E-state index in [9.17, 15) is 18.0 Å². The summed E-state index contributed by atoms with van der Waals surface area (Å²) in [5, 5.41) is 6.40. The van der Waals surface area contributed by atoms with E-state index in [1.165, 1.54) is 20.1 Å².